The van der Waals surface area contributed by atoms with Gasteiger partial charge in [-0.05, 0) is 49.4 Å². The molecule has 0 saturated carbocycles. The quantitative estimate of drug-likeness (QED) is 0.647. The van der Waals surface area contributed by atoms with Crippen LogP contribution in [0.15, 0.2) is 66.9 Å². The Morgan fingerprint density at radius 1 is 1.00 bits per heavy atom. The first-order valence-corrected chi connectivity index (χ1v) is 8.38. The zero-order valence-electron chi connectivity index (χ0n) is 14.7. The molecule has 6 heteroatoms. The topological polar surface area (TPSA) is 71.1 Å². The smallest absolute Gasteiger partial charge is 0.270 e. The van der Waals surface area contributed by atoms with Gasteiger partial charge >= 0.3 is 0 Å². The van der Waals surface area contributed by atoms with Crippen molar-refractivity contribution in [2.75, 3.05) is 5.32 Å². The molecule has 0 saturated heterocycles. The first-order valence-electron chi connectivity index (χ1n) is 8.38. The average Bonchev–Trinajstić information content (AvgIpc) is 2.68. The van der Waals surface area contributed by atoms with Crippen LogP contribution in [-0.4, -0.2) is 16.7 Å². The maximum Gasteiger partial charge on any atom is 0.270 e. The largest absolute Gasteiger partial charge is 0.355 e. The van der Waals surface area contributed by atoms with Gasteiger partial charge in [0.25, 0.3) is 5.91 Å². The minimum absolute atomic E-state index is 0.000675. The van der Waals surface area contributed by atoms with Crippen LogP contribution >= 0.6 is 0 Å². The SMILES string of the molecule is CC(=O)c1ccc(Nc2ccnc(C(=O)NCc3ccccc3F)c2)cc1. The number of aromatic nitrogens is 1. The van der Waals surface area contributed by atoms with E-state index in [1.807, 2.05) is 0 Å². The van der Waals surface area contributed by atoms with Gasteiger partial charge in [0.2, 0.25) is 0 Å². The molecule has 0 bridgehead atoms. The summed E-state index contributed by atoms with van der Waals surface area (Å²) in [4.78, 5) is 27.7. The second-order valence-electron chi connectivity index (χ2n) is 5.96. The highest BCUT2D eigenvalue weighted by atomic mass is 19.1. The van der Waals surface area contributed by atoms with E-state index in [0.717, 1.165) is 5.69 Å². The average molecular weight is 363 g/mol. The minimum atomic E-state index is -0.395. The van der Waals surface area contributed by atoms with Gasteiger partial charge in [-0.15, -0.1) is 0 Å². The molecule has 0 aliphatic carbocycles. The van der Waals surface area contributed by atoms with Crippen molar-refractivity contribution >= 4 is 23.1 Å². The number of rotatable bonds is 6. The number of pyridine rings is 1. The highest BCUT2D eigenvalue weighted by Gasteiger charge is 2.09. The van der Waals surface area contributed by atoms with Crippen LogP contribution in [0.2, 0.25) is 0 Å². The molecule has 0 aliphatic rings. The Hall–Kier alpha value is -3.54. The molecule has 0 radical (unpaired) electrons. The number of anilines is 2. The fourth-order valence-electron chi connectivity index (χ4n) is 2.50. The molecule has 5 nitrogen and oxygen atoms in total. The normalized spacial score (nSPS) is 10.3. The van der Waals surface area contributed by atoms with E-state index in [4.69, 9.17) is 0 Å². The molecule has 0 aliphatic heterocycles. The van der Waals surface area contributed by atoms with Crippen molar-refractivity contribution in [1.82, 2.24) is 10.3 Å². The van der Waals surface area contributed by atoms with Crippen molar-refractivity contribution in [3.05, 3.63) is 89.5 Å². The molecule has 2 N–H and O–H groups in total. The van der Waals surface area contributed by atoms with E-state index in [1.165, 1.54) is 19.2 Å². The molecule has 2 aromatic carbocycles. The van der Waals surface area contributed by atoms with Crippen LogP contribution in [0.1, 0.15) is 33.3 Å². The molecule has 3 aromatic rings. The number of hydrogen-bond donors (Lipinski definition) is 2. The predicted molar refractivity (Wildman–Crippen MR) is 102 cm³/mol. The molecule has 0 fully saturated rings. The van der Waals surface area contributed by atoms with Crippen LogP contribution in [0.25, 0.3) is 0 Å². The van der Waals surface area contributed by atoms with Gasteiger partial charge < -0.3 is 10.6 Å². The van der Waals surface area contributed by atoms with Gasteiger partial charge in [-0.2, -0.15) is 0 Å². The summed E-state index contributed by atoms with van der Waals surface area (Å²) < 4.78 is 13.6. The van der Waals surface area contributed by atoms with Crippen LogP contribution < -0.4 is 10.6 Å². The number of halogens is 1. The van der Waals surface area contributed by atoms with Crippen molar-refractivity contribution in [3.8, 4) is 0 Å². The summed E-state index contributed by atoms with van der Waals surface area (Å²) in [6, 6.07) is 16.6. The molecule has 136 valence electrons. The lowest BCUT2D eigenvalue weighted by molar-refractivity contribution is 0.0944. The summed E-state index contributed by atoms with van der Waals surface area (Å²) in [6.07, 6.45) is 1.52. The lowest BCUT2D eigenvalue weighted by atomic mass is 10.1. The number of amides is 1. The monoisotopic (exact) mass is 363 g/mol. The second kappa shape index (κ2) is 8.23. The third-order valence-corrected chi connectivity index (χ3v) is 3.97. The fraction of sp³-hybridized carbons (Fsp3) is 0.0952. The first-order chi connectivity index (χ1) is 13.0. The van der Waals surface area contributed by atoms with E-state index in [9.17, 15) is 14.0 Å². The standard InChI is InChI=1S/C21H18FN3O2/c1-14(26)15-6-8-17(9-7-15)25-18-10-11-23-20(12-18)21(27)24-13-16-4-2-3-5-19(16)22/h2-12H,13H2,1H3,(H,23,25)(H,24,27). The summed E-state index contributed by atoms with van der Waals surface area (Å²) in [5.74, 6) is -0.761. The Kier molecular flexibility index (Phi) is 5.56. The molecular weight excluding hydrogens is 345 g/mol. The molecule has 0 unspecified atom stereocenters. The number of Topliss-reactive ketones (excluding diaryl/α,β-unsaturated/α-hetero) is 1. The molecule has 3 rings (SSSR count). The van der Waals surface area contributed by atoms with E-state index >= 15 is 0 Å². The van der Waals surface area contributed by atoms with Gasteiger partial charge in [0.05, 0.1) is 0 Å². The van der Waals surface area contributed by atoms with Gasteiger partial charge in [0.1, 0.15) is 11.5 Å². The third kappa shape index (κ3) is 4.76. The summed E-state index contributed by atoms with van der Waals surface area (Å²) >= 11 is 0. The van der Waals surface area contributed by atoms with E-state index in [0.29, 0.717) is 16.8 Å². The number of ketones is 1. The Labute approximate surface area is 156 Å². The molecule has 0 spiro atoms. The van der Waals surface area contributed by atoms with E-state index in [1.54, 1.807) is 54.6 Å². The highest BCUT2D eigenvalue weighted by Crippen LogP contribution is 2.18. The van der Waals surface area contributed by atoms with Crippen LogP contribution in [0.3, 0.4) is 0 Å². The Balaban J connectivity index is 1.66. The van der Waals surface area contributed by atoms with Gasteiger partial charge in [0, 0.05) is 35.2 Å². The van der Waals surface area contributed by atoms with Gasteiger partial charge in [-0.25, -0.2) is 4.39 Å². The zero-order chi connectivity index (χ0) is 19.2. The number of nitrogens with zero attached hydrogens (tertiary/aromatic N) is 1. The fourth-order valence-corrected chi connectivity index (χ4v) is 2.50. The number of carbonyl (C=O) groups is 2. The van der Waals surface area contributed by atoms with Crippen molar-refractivity contribution in [3.63, 3.8) is 0 Å². The number of benzene rings is 2. The van der Waals surface area contributed by atoms with E-state index < -0.39 is 5.91 Å². The molecule has 27 heavy (non-hydrogen) atoms. The summed E-state index contributed by atoms with van der Waals surface area (Å²) in [5.41, 5.74) is 2.71. The molecule has 0 atom stereocenters. The number of nitrogens with one attached hydrogen (secondary N) is 2. The van der Waals surface area contributed by atoms with Gasteiger partial charge in [-0.3, -0.25) is 14.6 Å². The van der Waals surface area contributed by atoms with E-state index in [2.05, 4.69) is 15.6 Å². The van der Waals surface area contributed by atoms with Gasteiger partial charge in [-0.1, -0.05) is 18.2 Å². The van der Waals surface area contributed by atoms with Crippen LogP contribution in [0, 0.1) is 5.82 Å². The maximum atomic E-state index is 13.6. The third-order valence-electron chi connectivity index (χ3n) is 3.97. The molecule has 1 aromatic heterocycles. The molecular formula is C21H18FN3O2. The van der Waals surface area contributed by atoms with Crippen molar-refractivity contribution in [2.24, 2.45) is 0 Å². The summed E-state index contributed by atoms with van der Waals surface area (Å²) in [6.45, 7) is 1.59. The van der Waals surface area contributed by atoms with E-state index in [-0.39, 0.29) is 23.8 Å². The van der Waals surface area contributed by atoms with Crippen molar-refractivity contribution < 1.29 is 14.0 Å². The summed E-state index contributed by atoms with van der Waals surface area (Å²) in [7, 11) is 0. The second-order valence-corrected chi connectivity index (χ2v) is 5.96. The van der Waals surface area contributed by atoms with Crippen LogP contribution in [0.5, 0.6) is 0 Å². The maximum absolute atomic E-state index is 13.6. The van der Waals surface area contributed by atoms with Gasteiger partial charge in [0.15, 0.2) is 5.78 Å². The van der Waals surface area contributed by atoms with Crippen LogP contribution in [0.4, 0.5) is 15.8 Å². The number of hydrogen-bond acceptors (Lipinski definition) is 4. The Bertz CT molecular complexity index is 971. The zero-order valence-corrected chi connectivity index (χ0v) is 14.7. The lowest BCUT2D eigenvalue weighted by Crippen LogP contribution is -2.24. The lowest BCUT2D eigenvalue weighted by Gasteiger charge is -2.09. The van der Waals surface area contributed by atoms with Crippen molar-refractivity contribution in [1.29, 1.82) is 0 Å². The number of carbonyl (C=O) groups excluding carboxylic acids is 2. The molecule has 1 amide bonds. The first kappa shape index (κ1) is 18.3. The van der Waals surface area contributed by atoms with Crippen molar-refractivity contribution in [2.45, 2.75) is 13.5 Å². The Morgan fingerprint density at radius 2 is 1.74 bits per heavy atom. The van der Waals surface area contributed by atoms with Crippen LogP contribution in [-0.2, 0) is 6.54 Å². The summed E-state index contributed by atoms with van der Waals surface area (Å²) in [5, 5.41) is 5.82. The molecule has 1 heterocycles. The predicted octanol–water partition coefficient (Wildman–Crippen LogP) is 4.10. The minimum Gasteiger partial charge on any atom is -0.355 e. The highest BCUT2D eigenvalue weighted by molar-refractivity contribution is 5.94. The Morgan fingerprint density at radius 3 is 2.44 bits per heavy atom.